The van der Waals surface area contributed by atoms with E-state index >= 15 is 4.39 Å². The summed E-state index contributed by atoms with van der Waals surface area (Å²) in [5.41, 5.74) is 5.17. The van der Waals surface area contributed by atoms with Gasteiger partial charge in [0.15, 0.2) is 11.9 Å². The van der Waals surface area contributed by atoms with Crippen LogP contribution in [0.3, 0.4) is 0 Å². The SMILES string of the molecule is CC1CC(N(C)C)CC(C2CC2)O1.CCCCOCCC(C)C(=O)[C@](C)(F)C(=O)OC(CC)C1OC(=O)N(CCCCn2cc(-c3cccc(N)c3)nn2)[C@H]1CC(=O)[C@H](C)CCC. The number of nitrogens with two attached hydrogens (primary N) is 1. The monoisotopic (exact) mass is 885 g/mol. The highest BCUT2D eigenvalue weighted by molar-refractivity contribution is 6.07. The lowest BCUT2D eigenvalue weighted by atomic mass is 9.90. The van der Waals surface area contributed by atoms with Gasteiger partial charge in [-0.1, -0.05) is 64.8 Å². The van der Waals surface area contributed by atoms with E-state index in [4.69, 9.17) is 24.7 Å². The van der Waals surface area contributed by atoms with Crippen LogP contribution in [-0.2, 0) is 39.9 Å². The zero-order valence-electron chi connectivity index (χ0n) is 39.6. The number of hydrogen-bond acceptors (Lipinski definition) is 12. The quantitative estimate of drug-likeness (QED) is 0.0440. The lowest BCUT2D eigenvalue weighted by Crippen LogP contribution is -2.49. The number of rotatable bonds is 25. The number of aromatic nitrogens is 3. The van der Waals surface area contributed by atoms with Gasteiger partial charge in [-0.2, -0.15) is 0 Å². The Labute approximate surface area is 375 Å². The van der Waals surface area contributed by atoms with Crippen LogP contribution in [-0.4, -0.2) is 124 Å². The van der Waals surface area contributed by atoms with Gasteiger partial charge in [-0.25, -0.2) is 14.0 Å². The first-order chi connectivity index (χ1) is 30.0. The normalized spacial score (nSPS) is 23.6. The molecular weight excluding hydrogens is 808 g/mol. The molecule has 6 unspecified atom stereocenters. The molecule has 63 heavy (non-hydrogen) atoms. The topological polar surface area (TPSA) is 168 Å². The van der Waals surface area contributed by atoms with Crippen LogP contribution in [0.4, 0.5) is 14.9 Å². The van der Waals surface area contributed by atoms with Gasteiger partial charge in [-0.3, -0.25) is 14.3 Å². The molecule has 14 nitrogen and oxygen atoms in total. The predicted molar refractivity (Wildman–Crippen MR) is 242 cm³/mol. The fourth-order valence-corrected chi connectivity index (χ4v) is 8.46. The maximum absolute atomic E-state index is 15.8. The van der Waals surface area contributed by atoms with E-state index < -0.39 is 47.7 Å². The number of carbonyl (C=O) groups excluding carboxylic acids is 4. The number of halogens is 1. The summed E-state index contributed by atoms with van der Waals surface area (Å²) in [6, 6.07) is 7.40. The highest BCUT2D eigenvalue weighted by Gasteiger charge is 2.51. The molecule has 3 heterocycles. The van der Waals surface area contributed by atoms with Crippen molar-refractivity contribution in [3.05, 3.63) is 30.5 Å². The average molecular weight is 885 g/mol. The highest BCUT2D eigenvalue weighted by Crippen LogP contribution is 2.40. The molecule has 2 saturated heterocycles. The highest BCUT2D eigenvalue weighted by atomic mass is 19.1. The number of Topliss-reactive ketones (excluding diaryl/α,β-unsaturated/α-hetero) is 2. The van der Waals surface area contributed by atoms with Crippen molar-refractivity contribution in [2.45, 2.75) is 181 Å². The molecule has 2 aromatic rings. The number of anilines is 1. The van der Waals surface area contributed by atoms with E-state index in [9.17, 15) is 19.2 Å². The lowest BCUT2D eigenvalue weighted by molar-refractivity contribution is -0.172. The molecule has 9 atom stereocenters. The Balaban J connectivity index is 0.000000565. The largest absolute Gasteiger partial charge is 0.456 e. The number of nitrogens with zero attached hydrogens (tertiary/aromatic N) is 5. The zero-order chi connectivity index (χ0) is 46.3. The van der Waals surface area contributed by atoms with E-state index in [1.165, 1.54) is 30.6 Å². The average Bonchev–Trinajstić information content (AvgIpc) is 3.93. The zero-order valence-corrected chi connectivity index (χ0v) is 39.6. The molecule has 2 aliphatic heterocycles. The number of aryl methyl sites for hydroxylation is 1. The molecule has 1 aromatic carbocycles. The van der Waals surface area contributed by atoms with Gasteiger partial charge in [-0.05, 0) is 110 Å². The molecule has 0 spiro atoms. The standard InChI is InChI=1S/C37H56FN5O7.C11H21NO/c1-7-10-20-48-21-17-26(5)34(45)37(6,38)35(46)49-32(9-3)33-30(23-31(44)25(4)14-8-2)43(36(47)50-33)19-12-11-18-42-24-29(40-41-42)27-15-13-16-28(39)22-27;1-8-6-10(12(2)3)7-11(13-8)9-4-5-9/h13,15-16,22,24-26,30,32-33H,7-12,14,17-21,23,39H2,1-6H3;8-11H,4-7H2,1-3H3/t25-,26?,30+,32?,33?,37+;/m1./s1. The fourth-order valence-electron chi connectivity index (χ4n) is 8.46. The summed E-state index contributed by atoms with van der Waals surface area (Å²) in [6.07, 6.45) is 10.4. The maximum atomic E-state index is 15.8. The molecule has 15 heteroatoms. The second kappa shape index (κ2) is 24.9. The number of hydrogen-bond donors (Lipinski definition) is 1. The number of cyclic esters (lactones) is 1. The van der Waals surface area contributed by atoms with Gasteiger partial charge in [0.2, 0.25) is 0 Å². The van der Waals surface area contributed by atoms with Gasteiger partial charge in [-0.15, -0.1) is 5.10 Å². The summed E-state index contributed by atoms with van der Waals surface area (Å²) < 4.78 is 40.4. The molecule has 1 amide bonds. The molecule has 3 fully saturated rings. The Morgan fingerprint density at radius 1 is 1.02 bits per heavy atom. The number of nitrogen functional groups attached to an aromatic ring is 1. The summed E-state index contributed by atoms with van der Waals surface area (Å²) in [7, 11) is 4.37. The van der Waals surface area contributed by atoms with Crippen LogP contribution in [0.1, 0.15) is 132 Å². The smallest absolute Gasteiger partial charge is 0.410 e. The molecule has 5 rings (SSSR count). The molecule has 354 valence electrons. The van der Waals surface area contributed by atoms with Crippen LogP contribution >= 0.6 is 0 Å². The summed E-state index contributed by atoms with van der Waals surface area (Å²) >= 11 is 0. The number of amides is 1. The van der Waals surface area contributed by atoms with Crippen LogP contribution in [0.15, 0.2) is 30.5 Å². The third-order valence-electron chi connectivity index (χ3n) is 12.7. The number of alkyl halides is 1. The molecule has 1 aromatic heterocycles. The van der Waals surface area contributed by atoms with Crippen molar-refractivity contribution in [1.82, 2.24) is 24.8 Å². The van der Waals surface area contributed by atoms with Gasteiger partial charge >= 0.3 is 12.1 Å². The van der Waals surface area contributed by atoms with Gasteiger partial charge in [0.1, 0.15) is 17.6 Å². The molecule has 3 aliphatic rings. The van der Waals surface area contributed by atoms with Crippen LogP contribution < -0.4 is 5.73 Å². The predicted octanol–water partition coefficient (Wildman–Crippen LogP) is 8.25. The first kappa shape index (κ1) is 51.7. The maximum Gasteiger partial charge on any atom is 0.410 e. The Kier molecular flexibility index (Phi) is 20.5. The number of esters is 1. The summed E-state index contributed by atoms with van der Waals surface area (Å²) in [5, 5.41) is 8.44. The van der Waals surface area contributed by atoms with Crippen molar-refractivity contribution in [3.8, 4) is 11.3 Å². The summed E-state index contributed by atoms with van der Waals surface area (Å²) in [5.74, 6) is -2.38. The Bertz CT molecular complexity index is 1740. The number of ketones is 2. The molecule has 2 N–H and O–H groups in total. The van der Waals surface area contributed by atoms with Crippen LogP contribution in [0, 0.1) is 17.8 Å². The first-order valence-corrected chi connectivity index (χ1v) is 23.6. The van der Waals surface area contributed by atoms with Crippen molar-refractivity contribution in [2.24, 2.45) is 17.8 Å². The van der Waals surface area contributed by atoms with E-state index in [1.807, 2.05) is 45.2 Å². The van der Waals surface area contributed by atoms with Gasteiger partial charge in [0.25, 0.3) is 5.67 Å². The van der Waals surface area contributed by atoms with Crippen LogP contribution in [0.2, 0.25) is 0 Å². The summed E-state index contributed by atoms with van der Waals surface area (Å²) in [4.78, 5) is 56.7. The number of carbonyl (C=O) groups is 4. The van der Waals surface area contributed by atoms with Crippen LogP contribution in [0.25, 0.3) is 11.3 Å². The van der Waals surface area contributed by atoms with Gasteiger partial charge < -0.3 is 34.5 Å². The van der Waals surface area contributed by atoms with Crippen molar-refractivity contribution in [2.75, 3.05) is 39.6 Å². The molecule has 0 radical (unpaired) electrons. The molecular formula is C48H77FN6O8. The Morgan fingerprint density at radius 3 is 2.40 bits per heavy atom. The molecule has 1 saturated carbocycles. The van der Waals surface area contributed by atoms with Crippen LogP contribution in [0.5, 0.6) is 0 Å². The molecule has 0 bridgehead atoms. The summed E-state index contributed by atoms with van der Waals surface area (Å²) in [6.45, 7) is 13.9. The van der Waals surface area contributed by atoms with Gasteiger partial charge in [0.05, 0.1) is 24.4 Å². The second-order valence-corrected chi connectivity index (χ2v) is 18.5. The Morgan fingerprint density at radius 2 is 1.75 bits per heavy atom. The molecule has 1 aliphatic carbocycles. The van der Waals surface area contributed by atoms with E-state index in [0.29, 0.717) is 56.0 Å². The number of unbranched alkanes of at least 4 members (excludes halogenated alkanes) is 2. The van der Waals surface area contributed by atoms with Crippen molar-refractivity contribution >= 4 is 29.3 Å². The van der Waals surface area contributed by atoms with E-state index in [2.05, 4.69) is 36.2 Å². The first-order valence-electron chi connectivity index (χ1n) is 23.6. The van der Waals surface area contributed by atoms with Crippen molar-refractivity contribution in [3.63, 3.8) is 0 Å². The number of benzene rings is 1. The Hall–Kier alpha value is -3.95. The van der Waals surface area contributed by atoms with Crippen molar-refractivity contribution < 1.29 is 42.5 Å². The minimum Gasteiger partial charge on any atom is -0.456 e. The second-order valence-electron chi connectivity index (χ2n) is 18.5. The third-order valence-corrected chi connectivity index (χ3v) is 12.7. The minimum atomic E-state index is -2.91. The van der Waals surface area contributed by atoms with E-state index in [-0.39, 0.29) is 44.1 Å². The van der Waals surface area contributed by atoms with Gasteiger partial charge in [0, 0.05) is 61.9 Å². The fraction of sp³-hybridized carbons (Fsp3) is 0.750. The third kappa shape index (κ3) is 15.3. The van der Waals surface area contributed by atoms with E-state index in [1.54, 1.807) is 24.6 Å². The van der Waals surface area contributed by atoms with Crippen molar-refractivity contribution in [1.29, 1.82) is 0 Å². The minimum absolute atomic E-state index is 0.000838. The number of ether oxygens (including phenoxy) is 4. The lowest BCUT2D eigenvalue weighted by Gasteiger charge is -2.37. The van der Waals surface area contributed by atoms with E-state index in [0.717, 1.165) is 43.7 Å².